The number of carbonyl (C=O) groups excluding carboxylic acids is 2. The molecule has 2 aromatic rings. The van der Waals surface area contributed by atoms with Crippen molar-refractivity contribution in [1.82, 2.24) is 4.98 Å². The fourth-order valence-corrected chi connectivity index (χ4v) is 3.82. The van der Waals surface area contributed by atoms with Crippen molar-refractivity contribution in [2.24, 2.45) is 0 Å². The van der Waals surface area contributed by atoms with Crippen molar-refractivity contribution in [2.45, 2.75) is 13.8 Å². The fraction of sp³-hybridized carbons (Fsp3) is 0.214. The van der Waals surface area contributed by atoms with Gasteiger partial charge in [-0.25, -0.2) is 9.78 Å². The minimum absolute atomic E-state index is 0.0804. The summed E-state index contributed by atoms with van der Waals surface area (Å²) in [5.74, 6) is -1.19. The van der Waals surface area contributed by atoms with Crippen LogP contribution in [-0.4, -0.2) is 28.6 Å². The van der Waals surface area contributed by atoms with Crippen molar-refractivity contribution >= 4 is 60.2 Å². The number of aromatic hydroxyl groups is 1. The Morgan fingerprint density at radius 2 is 2.09 bits per heavy atom. The number of rotatable bonds is 4. The summed E-state index contributed by atoms with van der Waals surface area (Å²) in [5, 5.41) is 12.8. The second-order valence-corrected chi connectivity index (χ2v) is 7.16. The van der Waals surface area contributed by atoms with Gasteiger partial charge in [-0.2, -0.15) is 0 Å². The van der Waals surface area contributed by atoms with Crippen LogP contribution >= 0.6 is 43.2 Å². The third kappa shape index (κ3) is 4.10. The predicted molar refractivity (Wildman–Crippen MR) is 94.3 cm³/mol. The highest BCUT2D eigenvalue weighted by Gasteiger charge is 2.20. The molecule has 0 aliphatic heterocycles. The molecule has 0 fully saturated rings. The van der Waals surface area contributed by atoms with Crippen molar-refractivity contribution in [3.63, 3.8) is 0 Å². The first kappa shape index (κ1) is 17.9. The smallest absolute Gasteiger partial charge is 0.350 e. The van der Waals surface area contributed by atoms with E-state index in [9.17, 15) is 14.7 Å². The molecule has 0 radical (unpaired) electrons. The highest BCUT2D eigenvalue weighted by Crippen LogP contribution is 2.32. The van der Waals surface area contributed by atoms with Gasteiger partial charge in [0.1, 0.15) is 10.6 Å². The summed E-state index contributed by atoms with van der Waals surface area (Å²) in [4.78, 5) is 28.5. The Bertz CT molecular complexity index is 776. The molecule has 9 heteroatoms. The summed E-state index contributed by atoms with van der Waals surface area (Å²) in [7, 11) is 0. The molecule has 0 bridgehead atoms. The number of thiazole rings is 1. The van der Waals surface area contributed by atoms with Gasteiger partial charge in [0, 0.05) is 4.47 Å². The molecule has 0 unspecified atom stereocenters. The van der Waals surface area contributed by atoms with Crippen LogP contribution in [0.5, 0.6) is 5.75 Å². The highest BCUT2D eigenvalue weighted by molar-refractivity contribution is 9.11. The van der Waals surface area contributed by atoms with E-state index in [0.29, 0.717) is 19.5 Å². The van der Waals surface area contributed by atoms with Crippen LogP contribution in [0.3, 0.4) is 0 Å². The number of aryl methyl sites for hydroxylation is 1. The van der Waals surface area contributed by atoms with Gasteiger partial charge < -0.3 is 9.84 Å². The van der Waals surface area contributed by atoms with Crippen LogP contribution in [0.1, 0.15) is 32.6 Å². The summed E-state index contributed by atoms with van der Waals surface area (Å²) < 4.78 is 5.95. The molecule has 122 valence electrons. The van der Waals surface area contributed by atoms with E-state index >= 15 is 0 Å². The molecule has 0 aliphatic rings. The quantitative estimate of drug-likeness (QED) is 0.666. The molecule has 2 N–H and O–H groups in total. The molecule has 0 aliphatic carbocycles. The van der Waals surface area contributed by atoms with Crippen LogP contribution in [0.15, 0.2) is 21.1 Å². The monoisotopic (exact) mass is 462 g/mol. The van der Waals surface area contributed by atoms with Crippen LogP contribution in [0.4, 0.5) is 5.13 Å². The SMILES string of the molecule is CCOC(=O)c1sc(NC(=O)c2cc(Br)cc(Br)c2O)nc1C. The minimum atomic E-state index is -0.534. The number of halogens is 2. The van der Waals surface area contributed by atoms with Crippen LogP contribution < -0.4 is 5.32 Å². The average Bonchev–Trinajstić information content (AvgIpc) is 2.83. The van der Waals surface area contributed by atoms with Crippen molar-refractivity contribution in [1.29, 1.82) is 0 Å². The van der Waals surface area contributed by atoms with Crippen molar-refractivity contribution in [2.75, 3.05) is 11.9 Å². The summed E-state index contributed by atoms with van der Waals surface area (Å²) in [6.45, 7) is 3.63. The van der Waals surface area contributed by atoms with E-state index in [4.69, 9.17) is 4.74 Å². The Labute approximate surface area is 153 Å². The van der Waals surface area contributed by atoms with E-state index in [2.05, 4.69) is 42.2 Å². The van der Waals surface area contributed by atoms with Crippen molar-refractivity contribution < 1.29 is 19.4 Å². The van der Waals surface area contributed by atoms with Gasteiger partial charge in [-0.1, -0.05) is 27.3 Å². The third-order valence-corrected chi connectivity index (χ3v) is 4.87. The zero-order valence-corrected chi connectivity index (χ0v) is 16.1. The molecule has 0 spiro atoms. The van der Waals surface area contributed by atoms with E-state index in [-0.39, 0.29) is 23.1 Å². The summed E-state index contributed by atoms with van der Waals surface area (Å²) >= 11 is 7.45. The molecule has 1 aromatic carbocycles. The van der Waals surface area contributed by atoms with Gasteiger partial charge in [0.25, 0.3) is 5.91 Å². The van der Waals surface area contributed by atoms with Gasteiger partial charge in [-0.15, -0.1) is 0 Å². The van der Waals surface area contributed by atoms with Crippen molar-refractivity contribution in [3.8, 4) is 5.75 Å². The molecule has 2 rings (SSSR count). The number of anilines is 1. The second-order valence-electron chi connectivity index (χ2n) is 4.39. The Hall–Kier alpha value is -1.45. The maximum Gasteiger partial charge on any atom is 0.350 e. The van der Waals surface area contributed by atoms with E-state index in [1.807, 2.05) is 0 Å². The van der Waals surface area contributed by atoms with Crippen molar-refractivity contribution in [3.05, 3.63) is 37.2 Å². The Kier molecular flexibility index (Phi) is 5.77. The predicted octanol–water partition coefficient (Wildman–Crippen LogP) is 4.11. The first-order valence-corrected chi connectivity index (χ1v) is 8.87. The second kappa shape index (κ2) is 7.41. The molecule has 1 heterocycles. The number of phenolic OH excluding ortho intramolecular Hbond substituents is 1. The summed E-state index contributed by atoms with van der Waals surface area (Å²) in [6, 6.07) is 3.11. The third-order valence-electron chi connectivity index (χ3n) is 2.75. The molecule has 0 saturated carbocycles. The fourth-order valence-electron chi connectivity index (χ4n) is 1.74. The number of amides is 1. The largest absolute Gasteiger partial charge is 0.506 e. The van der Waals surface area contributed by atoms with Gasteiger partial charge in [-0.05, 0) is 41.9 Å². The number of carbonyl (C=O) groups is 2. The standard InChI is InChI=1S/C14H12Br2N2O4S/c1-3-22-13(21)11-6(2)17-14(23-11)18-12(20)8-4-7(15)5-9(16)10(8)19/h4-5,19H,3H2,1-2H3,(H,17,18,20). The number of nitrogens with zero attached hydrogens (tertiary/aromatic N) is 1. The number of hydrogen-bond acceptors (Lipinski definition) is 6. The van der Waals surface area contributed by atoms with Crippen LogP contribution in [0.25, 0.3) is 0 Å². The van der Waals surface area contributed by atoms with Crippen LogP contribution in [0.2, 0.25) is 0 Å². The molecule has 1 amide bonds. The molecular formula is C14H12Br2N2O4S. The summed E-state index contributed by atoms with van der Waals surface area (Å²) in [6.07, 6.45) is 0. The van der Waals surface area contributed by atoms with Gasteiger partial charge in [-0.3, -0.25) is 10.1 Å². The maximum atomic E-state index is 12.3. The zero-order valence-electron chi connectivity index (χ0n) is 12.1. The Morgan fingerprint density at radius 1 is 1.39 bits per heavy atom. The van der Waals surface area contributed by atoms with E-state index in [0.717, 1.165) is 11.3 Å². The maximum absolute atomic E-state index is 12.3. The van der Waals surface area contributed by atoms with E-state index in [1.54, 1.807) is 19.9 Å². The molecule has 0 saturated heterocycles. The van der Waals surface area contributed by atoms with Gasteiger partial charge in [0.2, 0.25) is 0 Å². The molecule has 23 heavy (non-hydrogen) atoms. The van der Waals surface area contributed by atoms with Gasteiger partial charge in [0.05, 0.1) is 22.3 Å². The molecule has 0 atom stereocenters. The van der Waals surface area contributed by atoms with Gasteiger partial charge in [0.15, 0.2) is 5.13 Å². The lowest BCUT2D eigenvalue weighted by Crippen LogP contribution is -2.12. The topological polar surface area (TPSA) is 88.5 Å². The lowest BCUT2D eigenvalue weighted by atomic mass is 10.2. The Morgan fingerprint density at radius 3 is 2.74 bits per heavy atom. The number of benzene rings is 1. The number of aromatic nitrogens is 1. The van der Waals surface area contributed by atoms with E-state index < -0.39 is 11.9 Å². The first-order valence-electron chi connectivity index (χ1n) is 6.47. The molecule has 6 nitrogen and oxygen atoms in total. The van der Waals surface area contributed by atoms with Gasteiger partial charge >= 0.3 is 5.97 Å². The van der Waals surface area contributed by atoms with Crippen LogP contribution in [0, 0.1) is 6.92 Å². The molecular weight excluding hydrogens is 452 g/mol. The first-order chi connectivity index (χ1) is 10.8. The van der Waals surface area contributed by atoms with E-state index in [1.165, 1.54) is 6.07 Å². The average molecular weight is 464 g/mol. The normalized spacial score (nSPS) is 10.4. The zero-order chi connectivity index (χ0) is 17.1. The number of esters is 1. The Balaban J connectivity index is 2.25. The highest BCUT2D eigenvalue weighted by atomic mass is 79.9. The summed E-state index contributed by atoms with van der Waals surface area (Å²) in [5.41, 5.74) is 0.556. The number of phenols is 1. The number of hydrogen-bond donors (Lipinski definition) is 2. The van der Waals surface area contributed by atoms with Crippen LogP contribution in [-0.2, 0) is 4.74 Å². The lowest BCUT2D eigenvalue weighted by Gasteiger charge is -2.06. The molecule has 1 aromatic heterocycles. The number of ether oxygens (including phenoxy) is 1. The minimum Gasteiger partial charge on any atom is -0.506 e. The lowest BCUT2D eigenvalue weighted by molar-refractivity contribution is 0.0531. The number of nitrogens with one attached hydrogen (secondary N) is 1.